The van der Waals surface area contributed by atoms with E-state index in [-0.39, 0.29) is 11.6 Å². The van der Waals surface area contributed by atoms with Gasteiger partial charge < -0.3 is 10.1 Å². The van der Waals surface area contributed by atoms with Crippen molar-refractivity contribution in [3.63, 3.8) is 0 Å². The molecule has 1 saturated heterocycles. The first-order valence-electron chi connectivity index (χ1n) is 8.47. The van der Waals surface area contributed by atoms with Gasteiger partial charge in [0.15, 0.2) is 0 Å². The number of likely N-dealkylation sites (tertiary alicyclic amines) is 1. The van der Waals surface area contributed by atoms with Gasteiger partial charge in [-0.15, -0.1) is 0 Å². The number of hydrogen-bond donors (Lipinski definition) is 1. The van der Waals surface area contributed by atoms with Crippen LogP contribution in [0.25, 0.3) is 0 Å². The van der Waals surface area contributed by atoms with Crippen LogP contribution in [0.15, 0.2) is 35.0 Å². The Bertz CT molecular complexity index is 779. The molecule has 1 atom stereocenters. The standard InChI is InChI=1S/C18H21N3O4S/c1-25-17-5-4-14(21(23)24)11-15(17)19-18(22)6-9-20-8-2-3-16(20)13-7-10-26-12-13/h4-5,7,10-12,16H,2-3,6,8-9H2,1H3,(H,19,22)/t16-/m0/s1. The Morgan fingerprint density at radius 1 is 1.46 bits per heavy atom. The number of nitro benzene ring substituents is 1. The van der Waals surface area contributed by atoms with E-state index in [0.29, 0.717) is 30.4 Å². The van der Waals surface area contributed by atoms with Gasteiger partial charge in [-0.2, -0.15) is 11.3 Å². The van der Waals surface area contributed by atoms with Crippen molar-refractivity contribution in [2.24, 2.45) is 0 Å². The molecule has 0 unspecified atom stereocenters. The predicted octanol–water partition coefficient (Wildman–Crippen LogP) is 3.83. The average molecular weight is 375 g/mol. The summed E-state index contributed by atoms with van der Waals surface area (Å²) in [6.45, 7) is 1.64. The summed E-state index contributed by atoms with van der Waals surface area (Å²) in [4.78, 5) is 25.1. The van der Waals surface area contributed by atoms with Crippen LogP contribution in [0.2, 0.25) is 0 Å². The van der Waals surface area contributed by atoms with Gasteiger partial charge in [0, 0.05) is 31.1 Å². The molecule has 1 fully saturated rings. The highest BCUT2D eigenvalue weighted by Crippen LogP contribution is 2.33. The molecule has 1 aromatic heterocycles. The first-order valence-corrected chi connectivity index (χ1v) is 9.41. The van der Waals surface area contributed by atoms with Crippen molar-refractivity contribution >= 4 is 28.6 Å². The molecule has 1 N–H and O–H groups in total. The molecular formula is C18H21N3O4S. The summed E-state index contributed by atoms with van der Waals surface area (Å²) in [7, 11) is 1.46. The quantitative estimate of drug-likeness (QED) is 0.587. The van der Waals surface area contributed by atoms with Crippen LogP contribution in [0, 0.1) is 10.1 Å². The molecule has 3 rings (SSSR count). The normalized spacial score (nSPS) is 17.2. The zero-order chi connectivity index (χ0) is 18.5. The molecule has 8 heteroatoms. The molecular weight excluding hydrogens is 354 g/mol. The van der Waals surface area contributed by atoms with E-state index in [9.17, 15) is 14.9 Å². The summed E-state index contributed by atoms with van der Waals surface area (Å²) in [5.41, 5.74) is 1.55. The molecule has 1 aromatic carbocycles. The van der Waals surface area contributed by atoms with Gasteiger partial charge in [-0.05, 0) is 47.8 Å². The SMILES string of the molecule is COc1ccc([N+](=O)[O-])cc1NC(=O)CCN1CCC[C@H]1c1ccsc1. The fourth-order valence-corrected chi connectivity index (χ4v) is 4.01. The van der Waals surface area contributed by atoms with Crippen LogP contribution in [0.3, 0.4) is 0 Å². The van der Waals surface area contributed by atoms with E-state index in [1.54, 1.807) is 11.3 Å². The smallest absolute Gasteiger partial charge is 0.271 e. The van der Waals surface area contributed by atoms with Crippen LogP contribution >= 0.6 is 11.3 Å². The number of amides is 1. The monoisotopic (exact) mass is 375 g/mol. The summed E-state index contributed by atoms with van der Waals surface area (Å²) in [5, 5.41) is 17.9. The number of non-ortho nitro benzene ring substituents is 1. The van der Waals surface area contributed by atoms with E-state index >= 15 is 0 Å². The third kappa shape index (κ3) is 4.20. The number of anilines is 1. The zero-order valence-electron chi connectivity index (χ0n) is 14.5. The van der Waals surface area contributed by atoms with E-state index < -0.39 is 4.92 Å². The Morgan fingerprint density at radius 3 is 3.00 bits per heavy atom. The lowest BCUT2D eigenvalue weighted by Gasteiger charge is -2.23. The van der Waals surface area contributed by atoms with E-state index in [4.69, 9.17) is 4.74 Å². The number of hydrogen-bond acceptors (Lipinski definition) is 6. The van der Waals surface area contributed by atoms with Gasteiger partial charge in [-0.1, -0.05) is 0 Å². The van der Waals surface area contributed by atoms with Crippen molar-refractivity contribution < 1.29 is 14.5 Å². The highest BCUT2D eigenvalue weighted by molar-refractivity contribution is 7.07. The van der Waals surface area contributed by atoms with E-state index in [0.717, 1.165) is 19.4 Å². The number of rotatable bonds is 7. The van der Waals surface area contributed by atoms with Crippen molar-refractivity contribution in [2.75, 3.05) is 25.5 Å². The fourth-order valence-electron chi connectivity index (χ4n) is 3.30. The Morgan fingerprint density at radius 2 is 2.31 bits per heavy atom. The number of benzene rings is 1. The molecule has 1 aliphatic rings. The molecule has 2 heterocycles. The maximum atomic E-state index is 12.4. The molecule has 2 aromatic rings. The molecule has 0 aliphatic carbocycles. The summed E-state index contributed by atoms with van der Waals surface area (Å²) >= 11 is 1.69. The van der Waals surface area contributed by atoms with Crippen LogP contribution < -0.4 is 10.1 Å². The number of thiophene rings is 1. The molecule has 0 radical (unpaired) electrons. The van der Waals surface area contributed by atoms with E-state index in [1.807, 2.05) is 0 Å². The van der Waals surface area contributed by atoms with Crippen molar-refractivity contribution in [3.8, 4) is 5.75 Å². The topological polar surface area (TPSA) is 84.7 Å². The van der Waals surface area contributed by atoms with Crippen molar-refractivity contribution in [3.05, 3.63) is 50.7 Å². The second kappa shape index (κ2) is 8.29. The van der Waals surface area contributed by atoms with Crippen LogP contribution in [-0.4, -0.2) is 35.9 Å². The van der Waals surface area contributed by atoms with Crippen LogP contribution in [0.5, 0.6) is 5.75 Å². The van der Waals surface area contributed by atoms with Crippen LogP contribution in [-0.2, 0) is 4.79 Å². The predicted molar refractivity (Wildman–Crippen MR) is 101 cm³/mol. The number of carbonyl (C=O) groups excluding carboxylic acids is 1. The second-order valence-corrected chi connectivity index (χ2v) is 6.97. The number of ether oxygens (including phenoxy) is 1. The van der Waals surface area contributed by atoms with E-state index in [1.165, 1.54) is 30.9 Å². The Balaban J connectivity index is 1.61. The lowest BCUT2D eigenvalue weighted by atomic mass is 10.1. The minimum Gasteiger partial charge on any atom is -0.495 e. The fraction of sp³-hybridized carbons (Fsp3) is 0.389. The number of nitrogens with one attached hydrogen (secondary N) is 1. The number of carbonyl (C=O) groups is 1. The van der Waals surface area contributed by atoms with Gasteiger partial charge in [-0.3, -0.25) is 19.8 Å². The number of nitrogens with zero attached hydrogens (tertiary/aromatic N) is 2. The Hall–Kier alpha value is -2.45. The van der Waals surface area contributed by atoms with Gasteiger partial charge >= 0.3 is 0 Å². The van der Waals surface area contributed by atoms with Gasteiger partial charge in [0.25, 0.3) is 5.69 Å². The number of nitro groups is 1. The molecule has 0 saturated carbocycles. The Kier molecular flexibility index (Phi) is 5.85. The summed E-state index contributed by atoms with van der Waals surface area (Å²) < 4.78 is 5.18. The summed E-state index contributed by atoms with van der Waals surface area (Å²) in [5.74, 6) is 0.223. The Labute approximate surface area is 155 Å². The van der Waals surface area contributed by atoms with E-state index in [2.05, 4.69) is 27.0 Å². The molecule has 138 valence electrons. The maximum absolute atomic E-state index is 12.4. The minimum atomic E-state index is -0.495. The summed E-state index contributed by atoms with van der Waals surface area (Å²) in [6.07, 6.45) is 2.56. The lowest BCUT2D eigenvalue weighted by Crippen LogP contribution is -2.27. The molecule has 1 amide bonds. The highest BCUT2D eigenvalue weighted by Gasteiger charge is 2.26. The van der Waals surface area contributed by atoms with Gasteiger partial charge in [-0.25, -0.2) is 0 Å². The zero-order valence-corrected chi connectivity index (χ0v) is 15.3. The molecule has 7 nitrogen and oxygen atoms in total. The van der Waals surface area contributed by atoms with Gasteiger partial charge in [0.05, 0.1) is 17.7 Å². The first-order chi connectivity index (χ1) is 12.6. The first kappa shape index (κ1) is 18.3. The summed E-state index contributed by atoms with van der Waals surface area (Å²) in [6, 6.07) is 6.68. The molecule has 1 aliphatic heterocycles. The van der Waals surface area contributed by atoms with Gasteiger partial charge in [0.1, 0.15) is 5.75 Å². The second-order valence-electron chi connectivity index (χ2n) is 6.19. The largest absolute Gasteiger partial charge is 0.495 e. The molecule has 26 heavy (non-hydrogen) atoms. The molecule has 0 bridgehead atoms. The van der Waals surface area contributed by atoms with Gasteiger partial charge in [0.2, 0.25) is 5.91 Å². The minimum absolute atomic E-state index is 0.0850. The van der Waals surface area contributed by atoms with Crippen LogP contribution in [0.4, 0.5) is 11.4 Å². The third-order valence-electron chi connectivity index (χ3n) is 4.59. The number of methoxy groups -OCH3 is 1. The molecule has 0 spiro atoms. The highest BCUT2D eigenvalue weighted by atomic mass is 32.1. The lowest BCUT2D eigenvalue weighted by molar-refractivity contribution is -0.384. The van der Waals surface area contributed by atoms with Crippen molar-refractivity contribution in [1.82, 2.24) is 4.90 Å². The third-order valence-corrected chi connectivity index (χ3v) is 5.29. The maximum Gasteiger partial charge on any atom is 0.271 e. The van der Waals surface area contributed by atoms with Crippen LogP contribution in [0.1, 0.15) is 30.9 Å². The van der Waals surface area contributed by atoms with Crippen molar-refractivity contribution in [1.29, 1.82) is 0 Å². The van der Waals surface area contributed by atoms with Crippen molar-refractivity contribution in [2.45, 2.75) is 25.3 Å². The average Bonchev–Trinajstić information content (AvgIpc) is 3.30.